The Morgan fingerprint density at radius 1 is 0.895 bits per heavy atom. The molecule has 10 heteroatoms. The van der Waals surface area contributed by atoms with Gasteiger partial charge in [-0.1, -0.05) is 72.3 Å². The molecule has 0 aliphatic rings. The van der Waals surface area contributed by atoms with Gasteiger partial charge in [0.2, 0.25) is 11.8 Å². The highest BCUT2D eigenvalue weighted by Crippen LogP contribution is 2.22. The number of nitrogens with zero attached hydrogens (tertiary/aromatic N) is 3. The average molecular weight is 557 g/mol. The molecule has 8 nitrogen and oxygen atoms in total. The molecule has 0 saturated carbocycles. The zero-order valence-corrected chi connectivity index (χ0v) is 23.3. The molecule has 0 unspecified atom stereocenters. The maximum atomic E-state index is 14.0. The average Bonchev–Trinajstić information content (AvgIpc) is 2.90. The number of para-hydroxylation sites is 1. The minimum Gasteiger partial charge on any atom is -0.355 e. The quantitative estimate of drug-likeness (QED) is 0.368. The number of hydrogen-bond donors (Lipinski definition) is 1. The molecule has 202 valence electrons. The number of amides is 2. The number of benzene rings is 3. The predicted octanol–water partition coefficient (Wildman–Crippen LogP) is 3.73. The van der Waals surface area contributed by atoms with Gasteiger partial charge in [-0.3, -0.25) is 9.59 Å². The highest BCUT2D eigenvalue weighted by molar-refractivity contribution is 7.90. The van der Waals surface area contributed by atoms with E-state index < -0.39 is 28.7 Å². The Labute approximate surface area is 230 Å². The topological polar surface area (TPSA) is 90.0 Å². The van der Waals surface area contributed by atoms with Gasteiger partial charge in [0, 0.05) is 38.6 Å². The van der Waals surface area contributed by atoms with E-state index in [1.54, 1.807) is 55.5 Å². The molecule has 3 aromatic carbocycles. The van der Waals surface area contributed by atoms with Gasteiger partial charge in [0.05, 0.1) is 5.69 Å². The Bertz CT molecular complexity index is 1320. The molecule has 0 radical (unpaired) electrons. The van der Waals surface area contributed by atoms with Gasteiger partial charge in [0.1, 0.15) is 12.6 Å². The Balaban J connectivity index is 2.06. The van der Waals surface area contributed by atoms with Gasteiger partial charge in [-0.2, -0.15) is 12.7 Å². The fourth-order valence-electron chi connectivity index (χ4n) is 3.99. The Morgan fingerprint density at radius 3 is 2.08 bits per heavy atom. The van der Waals surface area contributed by atoms with E-state index in [1.165, 1.54) is 19.0 Å². The van der Waals surface area contributed by atoms with E-state index in [9.17, 15) is 18.0 Å². The Kier molecular flexibility index (Phi) is 10.3. The van der Waals surface area contributed by atoms with Crippen molar-refractivity contribution in [2.24, 2.45) is 0 Å². The summed E-state index contributed by atoms with van der Waals surface area (Å²) in [5.41, 5.74) is 1.93. The second-order valence-corrected chi connectivity index (χ2v) is 11.4. The maximum Gasteiger partial charge on any atom is 0.304 e. The summed E-state index contributed by atoms with van der Waals surface area (Å²) in [6.07, 6.45) is 0.255. The lowest BCUT2D eigenvalue weighted by atomic mass is 10.0. The van der Waals surface area contributed by atoms with Crippen molar-refractivity contribution in [2.75, 3.05) is 31.5 Å². The molecule has 38 heavy (non-hydrogen) atoms. The first-order valence-electron chi connectivity index (χ1n) is 12.2. The van der Waals surface area contributed by atoms with Crippen LogP contribution in [0.2, 0.25) is 5.02 Å². The van der Waals surface area contributed by atoms with Gasteiger partial charge < -0.3 is 10.2 Å². The van der Waals surface area contributed by atoms with Gasteiger partial charge in [-0.05, 0) is 42.3 Å². The first-order chi connectivity index (χ1) is 18.1. The standard InChI is InChI=1S/C28H33ClN4O4S/c1-4-30-28(35)26(19-22-12-7-5-8-13-22)32(20-23-14-11-15-24(29)18-23)27(34)21-33(38(36,37)31(2)3)25-16-9-6-10-17-25/h5-18,26H,4,19-21H2,1-3H3,(H,30,35)/t26-/m0/s1. The third kappa shape index (κ3) is 7.56. The molecule has 0 spiro atoms. The Morgan fingerprint density at radius 2 is 1.50 bits per heavy atom. The molecule has 2 amide bonds. The molecule has 0 aliphatic carbocycles. The van der Waals surface area contributed by atoms with Crippen molar-refractivity contribution < 1.29 is 18.0 Å². The van der Waals surface area contributed by atoms with Crippen LogP contribution in [0.1, 0.15) is 18.1 Å². The molecule has 0 saturated heterocycles. The molecule has 0 fully saturated rings. The van der Waals surface area contributed by atoms with Crippen LogP contribution in [0.25, 0.3) is 0 Å². The Hall–Kier alpha value is -3.40. The summed E-state index contributed by atoms with van der Waals surface area (Å²) >= 11 is 6.21. The largest absolute Gasteiger partial charge is 0.355 e. The predicted molar refractivity (Wildman–Crippen MR) is 151 cm³/mol. The lowest BCUT2D eigenvalue weighted by Gasteiger charge is -2.34. The summed E-state index contributed by atoms with van der Waals surface area (Å²) in [5, 5.41) is 3.33. The number of carbonyl (C=O) groups excluding carboxylic acids is 2. The van der Waals surface area contributed by atoms with Crippen molar-refractivity contribution in [2.45, 2.75) is 25.9 Å². The molecule has 3 rings (SSSR count). The van der Waals surface area contributed by atoms with Crippen molar-refractivity contribution in [3.8, 4) is 0 Å². The fraction of sp³-hybridized carbons (Fsp3) is 0.286. The monoisotopic (exact) mass is 556 g/mol. The molecule has 1 atom stereocenters. The molecule has 3 aromatic rings. The van der Waals surface area contributed by atoms with Crippen LogP contribution in [-0.2, 0) is 32.8 Å². The third-order valence-corrected chi connectivity index (χ3v) is 7.98. The van der Waals surface area contributed by atoms with Crippen LogP contribution < -0.4 is 9.62 Å². The molecule has 0 heterocycles. The number of likely N-dealkylation sites (N-methyl/N-ethyl adjacent to an activating group) is 1. The molecule has 1 N–H and O–H groups in total. The summed E-state index contributed by atoms with van der Waals surface area (Å²) in [4.78, 5) is 28.8. The number of halogens is 1. The SMILES string of the molecule is CCNC(=O)[C@H](Cc1ccccc1)N(Cc1cccc(Cl)c1)C(=O)CN(c1ccccc1)S(=O)(=O)N(C)C. The summed E-state index contributed by atoms with van der Waals surface area (Å²) in [6.45, 7) is 1.77. The maximum absolute atomic E-state index is 14.0. The number of carbonyl (C=O) groups is 2. The molecule has 0 aromatic heterocycles. The van der Waals surface area contributed by atoms with Crippen LogP contribution >= 0.6 is 11.6 Å². The van der Waals surface area contributed by atoms with Gasteiger partial charge >= 0.3 is 10.2 Å². The van der Waals surface area contributed by atoms with Crippen molar-refractivity contribution in [1.82, 2.24) is 14.5 Å². The first-order valence-corrected chi connectivity index (χ1v) is 14.0. The van der Waals surface area contributed by atoms with Crippen LogP contribution in [0, 0.1) is 0 Å². The normalized spacial score (nSPS) is 12.1. The summed E-state index contributed by atoms with van der Waals surface area (Å²) in [7, 11) is -1.20. The molecule has 0 aliphatic heterocycles. The van der Waals surface area contributed by atoms with Crippen molar-refractivity contribution >= 4 is 39.3 Å². The van der Waals surface area contributed by atoms with Crippen LogP contribution in [0.4, 0.5) is 5.69 Å². The van der Waals surface area contributed by atoms with E-state index in [4.69, 9.17) is 11.6 Å². The van der Waals surface area contributed by atoms with Gasteiger partial charge in [0.15, 0.2) is 0 Å². The first kappa shape index (κ1) is 29.2. The van der Waals surface area contributed by atoms with Crippen molar-refractivity contribution in [1.29, 1.82) is 0 Å². The van der Waals surface area contributed by atoms with E-state index in [0.717, 1.165) is 19.7 Å². The van der Waals surface area contributed by atoms with Crippen molar-refractivity contribution in [3.05, 3.63) is 101 Å². The second kappa shape index (κ2) is 13.4. The smallest absolute Gasteiger partial charge is 0.304 e. The van der Waals surface area contributed by atoms with E-state index >= 15 is 0 Å². The molecular formula is C28H33ClN4O4S. The van der Waals surface area contributed by atoms with E-state index in [1.807, 2.05) is 36.4 Å². The van der Waals surface area contributed by atoms with E-state index in [0.29, 0.717) is 17.3 Å². The minimum absolute atomic E-state index is 0.0681. The van der Waals surface area contributed by atoms with E-state index in [-0.39, 0.29) is 18.9 Å². The van der Waals surface area contributed by atoms with Gasteiger partial charge in [-0.25, -0.2) is 4.31 Å². The lowest BCUT2D eigenvalue weighted by Crippen LogP contribution is -2.54. The zero-order valence-electron chi connectivity index (χ0n) is 21.7. The molecular weight excluding hydrogens is 524 g/mol. The lowest BCUT2D eigenvalue weighted by molar-refractivity contribution is -0.140. The summed E-state index contributed by atoms with van der Waals surface area (Å²) < 4.78 is 28.7. The summed E-state index contributed by atoms with van der Waals surface area (Å²) in [6, 6.07) is 24.0. The highest BCUT2D eigenvalue weighted by atomic mass is 35.5. The minimum atomic E-state index is -4.02. The second-order valence-electron chi connectivity index (χ2n) is 8.88. The fourth-order valence-corrected chi connectivity index (χ4v) is 5.26. The third-order valence-electron chi connectivity index (χ3n) is 5.93. The van der Waals surface area contributed by atoms with Crippen LogP contribution in [-0.4, -0.2) is 62.7 Å². The van der Waals surface area contributed by atoms with Gasteiger partial charge in [-0.15, -0.1) is 0 Å². The highest BCUT2D eigenvalue weighted by Gasteiger charge is 2.34. The van der Waals surface area contributed by atoms with Crippen LogP contribution in [0.3, 0.4) is 0 Å². The molecule has 0 bridgehead atoms. The van der Waals surface area contributed by atoms with Crippen molar-refractivity contribution in [3.63, 3.8) is 0 Å². The number of hydrogen-bond acceptors (Lipinski definition) is 4. The van der Waals surface area contributed by atoms with Crippen LogP contribution in [0.15, 0.2) is 84.9 Å². The number of rotatable bonds is 12. The van der Waals surface area contributed by atoms with Crippen LogP contribution in [0.5, 0.6) is 0 Å². The van der Waals surface area contributed by atoms with Gasteiger partial charge in [0.25, 0.3) is 0 Å². The number of nitrogens with one attached hydrogen (secondary N) is 1. The van der Waals surface area contributed by atoms with E-state index in [2.05, 4.69) is 5.32 Å². The summed E-state index contributed by atoms with van der Waals surface area (Å²) in [5.74, 6) is -0.847. The number of anilines is 1. The zero-order chi connectivity index (χ0) is 27.7.